The van der Waals surface area contributed by atoms with Crippen molar-refractivity contribution in [2.45, 2.75) is 19.1 Å². The summed E-state index contributed by atoms with van der Waals surface area (Å²) in [6, 6.07) is 19.6. The summed E-state index contributed by atoms with van der Waals surface area (Å²) in [7, 11) is 0. The van der Waals surface area contributed by atoms with Gasteiger partial charge in [-0.1, -0.05) is 54.6 Å². The molecule has 1 aliphatic rings. The summed E-state index contributed by atoms with van der Waals surface area (Å²) >= 11 is 0. The van der Waals surface area contributed by atoms with Crippen LogP contribution in [0.4, 0.5) is 0 Å². The average Bonchev–Trinajstić information content (AvgIpc) is 2.77. The Bertz CT molecular complexity index is 522. The molecule has 2 aromatic rings. The molecule has 2 N–H and O–H groups in total. The van der Waals surface area contributed by atoms with Gasteiger partial charge in [0.2, 0.25) is 0 Å². The predicted molar refractivity (Wildman–Crippen MR) is 73.9 cm³/mol. The molecule has 1 unspecified atom stereocenters. The van der Waals surface area contributed by atoms with E-state index in [9.17, 15) is 0 Å². The molecule has 2 heteroatoms. The molecule has 0 bridgehead atoms. The van der Waals surface area contributed by atoms with Crippen molar-refractivity contribution >= 4 is 0 Å². The third-order valence-electron chi connectivity index (χ3n) is 3.68. The summed E-state index contributed by atoms with van der Waals surface area (Å²) < 4.78 is 0. The Balaban J connectivity index is 1.83. The minimum absolute atomic E-state index is 0.362. The zero-order chi connectivity index (χ0) is 12.4. The fourth-order valence-corrected chi connectivity index (χ4v) is 2.79. The lowest BCUT2D eigenvalue weighted by molar-refractivity contribution is 0.211. The first kappa shape index (κ1) is 11.5. The van der Waals surface area contributed by atoms with E-state index in [1.807, 2.05) is 0 Å². The van der Waals surface area contributed by atoms with Crippen molar-refractivity contribution < 1.29 is 0 Å². The van der Waals surface area contributed by atoms with Gasteiger partial charge in [-0.25, -0.2) is 0 Å². The topological polar surface area (TPSA) is 29.3 Å². The second-order valence-corrected chi connectivity index (χ2v) is 4.84. The Labute approximate surface area is 108 Å². The van der Waals surface area contributed by atoms with Crippen LogP contribution in [0.3, 0.4) is 0 Å². The number of nitrogens with two attached hydrogens (primary N) is 1. The van der Waals surface area contributed by atoms with Gasteiger partial charge in [-0.3, -0.25) is 4.90 Å². The molecule has 0 spiro atoms. The van der Waals surface area contributed by atoms with Gasteiger partial charge in [-0.2, -0.15) is 0 Å². The Hall–Kier alpha value is -1.64. The van der Waals surface area contributed by atoms with Gasteiger partial charge >= 0.3 is 0 Å². The van der Waals surface area contributed by atoms with E-state index in [1.54, 1.807) is 0 Å². The Morgan fingerprint density at radius 1 is 1.00 bits per heavy atom. The zero-order valence-electron chi connectivity index (χ0n) is 10.4. The molecule has 1 heterocycles. The second kappa shape index (κ2) is 4.92. The fraction of sp³-hybridized carbons (Fsp3) is 0.250. The lowest BCUT2D eigenvalue weighted by Gasteiger charge is -2.23. The standard InChI is InChI=1S/C16H18N2/c17-10-16-15-9-5-4-8-14(15)12-18(16)11-13-6-2-1-3-7-13/h1-9,16H,10-12,17H2. The first-order chi connectivity index (χ1) is 8.88. The van der Waals surface area contributed by atoms with Crippen molar-refractivity contribution in [2.75, 3.05) is 6.54 Å². The van der Waals surface area contributed by atoms with Crippen molar-refractivity contribution in [3.63, 3.8) is 0 Å². The molecule has 2 nitrogen and oxygen atoms in total. The second-order valence-electron chi connectivity index (χ2n) is 4.84. The lowest BCUT2D eigenvalue weighted by atomic mass is 10.1. The van der Waals surface area contributed by atoms with Gasteiger partial charge in [-0.15, -0.1) is 0 Å². The van der Waals surface area contributed by atoms with Gasteiger partial charge < -0.3 is 5.73 Å². The highest BCUT2D eigenvalue weighted by molar-refractivity contribution is 5.34. The monoisotopic (exact) mass is 238 g/mol. The SMILES string of the molecule is NCC1c2ccccc2CN1Cc1ccccc1. The van der Waals surface area contributed by atoms with Crippen molar-refractivity contribution in [1.29, 1.82) is 0 Å². The van der Waals surface area contributed by atoms with Crippen LogP contribution in [0.1, 0.15) is 22.7 Å². The molecule has 1 atom stereocenters. The smallest absolute Gasteiger partial charge is 0.0480 e. The number of fused-ring (bicyclic) bond motifs is 1. The summed E-state index contributed by atoms with van der Waals surface area (Å²) in [6.07, 6.45) is 0. The van der Waals surface area contributed by atoms with E-state index in [0.29, 0.717) is 12.6 Å². The number of hydrogen-bond donors (Lipinski definition) is 1. The minimum atomic E-state index is 0.362. The van der Waals surface area contributed by atoms with Crippen LogP contribution < -0.4 is 5.73 Å². The maximum absolute atomic E-state index is 5.95. The quantitative estimate of drug-likeness (QED) is 0.891. The van der Waals surface area contributed by atoms with Crippen LogP contribution in [-0.4, -0.2) is 11.4 Å². The van der Waals surface area contributed by atoms with Crippen molar-refractivity contribution in [3.8, 4) is 0 Å². The first-order valence-corrected chi connectivity index (χ1v) is 6.44. The number of hydrogen-bond acceptors (Lipinski definition) is 2. The Morgan fingerprint density at radius 2 is 1.72 bits per heavy atom. The fourth-order valence-electron chi connectivity index (χ4n) is 2.79. The van der Waals surface area contributed by atoms with E-state index in [1.165, 1.54) is 16.7 Å². The molecular weight excluding hydrogens is 220 g/mol. The van der Waals surface area contributed by atoms with Crippen LogP contribution in [0.5, 0.6) is 0 Å². The van der Waals surface area contributed by atoms with Crippen LogP contribution in [0.2, 0.25) is 0 Å². The molecule has 2 aromatic carbocycles. The average molecular weight is 238 g/mol. The maximum atomic E-state index is 5.95. The highest BCUT2D eigenvalue weighted by atomic mass is 15.2. The molecule has 1 aliphatic heterocycles. The van der Waals surface area contributed by atoms with Gasteiger partial charge in [0, 0.05) is 25.7 Å². The van der Waals surface area contributed by atoms with E-state index < -0.39 is 0 Å². The van der Waals surface area contributed by atoms with Crippen molar-refractivity contribution in [3.05, 3.63) is 71.3 Å². The molecule has 92 valence electrons. The van der Waals surface area contributed by atoms with Gasteiger partial charge in [-0.05, 0) is 16.7 Å². The minimum Gasteiger partial charge on any atom is -0.329 e. The summed E-state index contributed by atoms with van der Waals surface area (Å²) in [5.41, 5.74) is 10.1. The third-order valence-corrected chi connectivity index (χ3v) is 3.68. The summed E-state index contributed by atoms with van der Waals surface area (Å²) in [4.78, 5) is 2.46. The van der Waals surface area contributed by atoms with E-state index >= 15 is 0 Å². The van der Waals surface area contributed by atoms with Gasteiger partial charge in [0.05, 0.1) is 0 Å². The van der Waals surface area contributed by atoms with Crippen LogP contribution >= 0.6 is 0 Å². The van der Waals surface area contributed by atoms with Crippen LogP contribution in [0.15, 0.2) is 54.6 Å². The molecule has 3 rings (SSSR count). The highest BCUT2D eigenvalue weighted by Gasteiger charge is 2.28. The lowest BCUT2D eigenvalue weighted by Crippen LogP contribution is -2.27. The molecule has 0 aromatic heterocycles. The van der Waals surface area contributed by atoms with Crippen LogP contribution in [0.25, 0.3) is 0 Å². The van der Waals surface area contributed by atoms with Crippen LogP contribution in [0, 0.1) is 0 Å². The zero-order valence-corrected chi connectivity index (χ0v) is 10.4. The van der Waals surface area contributed by atoms with Crippen LogP contribution in [-0.2, 0) is 13.1 Å². The molecule has 0 saturated carbocycles. The largest absolute Gasteiger partial charge is 0.329 e. The van der Waals surface area contributed by atoms with E-state index in [-0.39, 0.29) is 0 Å². The molecule has 18 heavy (non-hydrogen) atoms. The Morgan fingerprint density at radius 3 is 2.50 bits per heavy atom. The Kier molecular flexibility index (Phi) is 3.13. The number of nitrogens with zero attached hydrogens (tertiary/aromatic N) is 1. The molecular formula is C16H18N2. The first-order valence-electron chi connectivity index (χ1n) is 6.44. The van der Waals surface area contributed by atoms with Gasteiger partial charge in [0.15, 0.2) is 0 Å². The highest BCUT2D eigenvalue weighted by Crippen LogP contribution is 2.33. The molecule has 0 fully saturated rings. The maximum Gasteiger partial charge on any atom is 0.0480 e. The number of rotatable bonds is 3. The van der Waals surface area contributed by atoms with Gasteiger partial charge in [0.1, 0.15) is 0 Å². The molecule has 0 amide bonds. The normalized spacial score (nSPS) is 18.8. The molecule has 0 radical (unpaired) electrons. The van der Waals surface area contributed by atoms with Crippen molar-refractivity contribution in [1.82, 2.24) is 4.90 Å². The number of benzene rings is 2. The third kappa shape index (κ3) is 2.05. The summed E-state index contributed by atoms with van der Waals surface area (Å²) in [5.74, 6) is 0. The molecule has 0 aliphatic carbocycles. The van der Waals surface area contributed by atoms with Gasteiger partial charge in [0.25, 0.3) is 0 Å². The van der Waals surface area contributed by atoms with Crippen molar-refractivity contribution in [2.24, 2.45) is 5.73 Å². The summed E-state index contributed by atoms with van der Waals surface area (Å²) in [5, 5.41) is 0. The molecule has 0 saturated heterocycles. The van der Waals surface area contributed by atoms with E-state index in [0.717, 1.165) is 13.1 Å². The van der Waals surface area contributed by atoms with E-state index in [2.05, 4.69) is 59.5 Å². The summed E-state index contributed by atoms with van der Waals surface area (Å²) in [6.45, 7) is 2.66. The van der Waals surface area contributed by atoms with E-state index in [4.69, 9.17) is 5.73 Å². The predicted octanol–water partition coefficient (Wildman–Crippen LogP) is 2.70.